The first-order valence-corrected chi connectivity index (χ1v) is 9.71. The van der Waals surface area contributed by atoms with Crippen LogP contribution in [-0.4, -0.2) is 48.8 Å². The monoisotopic (exact) mass is 424 g/mol. The molecule has 1 heterocycles. The highest BCUT2D eigenvalue weighted by Crippen LogP contribution is 2.37. The molecule has 3 N–H and O–H groups in total. The summed E-state index contributed by atoms with van der Waals surface area (Å²) in [6, 6.07) is 11.3. The van der Waals surface area contributed by atoms with Gasteiger partial charge in [-0.2, -0.15) is 5.26 Å². The minimum atomic E-state index is -0.595. The Morgan fingerprint density at radius 2 is 1.84 bits per heavy atom. The van der Waals surface area contributed by atoms with Gasteiger partial charge < -0.3 is 30.1 Å². The predicted molar refractivity (Wildman–Crippen MR) is 112 cm³/mol. The molecule has 2 aromatic rings. The summed E-state index contributed by atoms with van der Waals surface area (Å²) >= 11 is 0. The zero-order valence-corrected chi connectivity index (χ0v) is 17.3. The van der Waals surface area contributed by atoms with E-state index >= 15 is 0 Å². The Balaban J connectivity index is 1.53. The number of amides is 3. The molecule has 1 atom stereocenters. The van der Waals surface area contributed by atoms with Crippen molar-refractivity contribution in [3.8, 4) is 23.3 Å². The molecule has 1 aliphatic heterocycles. The standard InChI is InChI=1S/C22H24N4O5/c1-30-18-9-16(10-19(31-2)20(18)27)12-24-22(29)25-17-7-8-26(21(17)28)13-15-5-3-14(11-23)4-6-15/h3-6,9-10,17,27H,7-8,12-13H2,1-2H3,(H2,24,25,29). The summed E-state index contributed by atoms with van der Waals surface area (Å²) in [6.45, 7) is 1.13. The normalized spacial score (nSPS) is 15.3. The zero-order chi connectivity index (χ0) is 22.4. The molecule has 31 heavy (non-hydrogen) atoms. The lowest BCUT2D eigenvalue weighted by atomic mass is 10.1. The molecule has 0 saturated carbocycles. The first kappa shape index (κ1) is 21.8. The third-order valence-electron chi connectivity index (χ3n) is 5.05. The molecule has 0 aromatic heterocycles. The summed E-state index contributed by atoms with van der Waals surface area (Å²) < 4.78 is 10.2. The number of methoxy groups -OCH3 is 2. The van der Waals surface area contributed by atoms with E-state index < -0.39 is 12.1 Å². The van der Waals surface area contributed by atoms with E-state index in [0.29, 0.717) is 30.6 Å². The highest BCUT2D eigenvalue weighted by molar-refractivity contribution is 5.88. The molecular formula is C22H24N4O5. The highest BCUT2D eigenvalue weighted by atomic mass is 16.5. The maximum absolute atomic E-state index is 12.6. The highest BCUT2D eigenvalue weighted by Gasteiger charge is 2.32. The predicted octanol–water partition coefficient (Wildman–Crippen LogP) is 1.88. The summed E-state index contributed by atoms with van der Waals surface area (Å²) in [5, 5.41) is 24.2. The van der Waals surface area contributed by atoms with Crippen molar-refractivity contribution in [2.24, 2.45) is 0 Å². The summed E-state index contributed by atoms with van der Waals surface area (Å²) in [6.07, 6.45) is 0.517. The van der Waals surface area contributed by atoms with Crippen molar-refractivity contribution in [3.63, 3.8) is 0 Å². The molecule has 0 radical (unpaired) electrons. The van der Waals surface area contributed by atoms with E-state index in [4.69, 9.17) is 14.7 Å². The Labute approximate surface area is 180 Å². The first-order valence-electron chi connectivity index (χ1n) is 9.71. The quantitative estimate of drug-likeness (QED) is 0.624. The second-order valence-corrected chi connectivity index (χ2v) is 7.09. The molecule has 0 aliphatic carbocycles. The summed E-state index contributed by atoms with van der Waals surface area (Å²) in [5.74, 6) is 0.214. The van der Waals surface area contributed by atoms with Crippen LogP contribution in [0.4, 0.5) is 4.79 Å². The number of nitrogens with zero attached hydrogens (tertiary/aromatic N) is 2. The van der Waals surface area contributed by atoms with Gasteiger partial charge in [-0.15, -0.1) is 0 Å². The van der Waals surface area contributed by atoms with E-state index in [0.717, 1.165) is 5.56 Å². The van der Waals surface area contributed by atoms with Gasteiger partial charge >= 0.3 is 6.03 Å². The SMILES string of the molecule is COc1cc(CNC(=O)NC2CCN(Cc3ccc(C#N)cc3)C2=O)cc(OC)c1O. The molecular weight excluding hydrogens is 400 g/mol. The van der Waals surface area contributed by atoms with Gasteiger partial charge in [0.15, 0.2) is 11.5 Å². The van der Waals surface area contributed by atoms with Crippen LogP contribution in [0.1, 0.15) is 23.1 Å². The van der Waals surface area contributed by atoms with E-state index in [9.17, 15) is 14.7 Å². The molecule has 9 nitrogen and oxygen atoms in total. The van der Waals surface area contributed by atoms with Gasteiger partial charge in [0.05, 0.1) is 25.9 Å². The molecule has 0 bridgehead atoms. The van der Waals surface area contributed by atoms with E-state index in [1.165, 1.54) is 14.2 Å². The largest absolute Gasteiger partial charge is 0.502 e. The summed E-state index contributed by atoms with van der Waals surface area (Å²) in [4.78, 5) is 26.6. The van der Waals surface area contributed by atoms with Crippen LogP contribution in [-0.2, 0) is 17.9 Å². The number of rotatable bonds is 7. The van der Waals surface area contributed by atoms with Gasteiger partial charge in [0.2, 0.25) is 11.7 Å². The van der Waals surface area contributed by atoms with Crippen LogP contribution in [0, 0.1) is 11.3 Å². The molecule has 162 valence electrons. The number of nitrogens with one attached hydrogen (secondary N) is 2. The van der Waals surface area contributed by atoms with Crippen LogP contribution in [0.5, 0.6) is 17.2 Å². The number of phenols is 1. The van der Waals surface area contributed by atoms with Crippen LogP contribution in [0.25, 0.3) is 0 Å². The lowest BCUT2D eigenvalue weighted by Crippen LogP contribution is -2.45. The van der Waals surface area contributed by atoms with Gasteiger partial charge in [0, 0.05) is 19.6 Å². The van der Waals surface area contributed by atoms with Gasteiger partial charge in [-0.05, 0) is 41.8 Å². The Hall–Kier alpha value is -3.93. The lowest BCUT2D eigenvalue weighted by Gasteiger charge is -2.17. The number of hydrogen-bond acceptors (Lipinski definition) is 6. The molecule has 3 amide bonds. The minimum Gasteiger partial charge on any atom is -0.502 e. The summed E-state index contributed by atoms with van der Waals surface area (Å²) in [5.41, 5.74) is 2.16. The number of phenolic OH excluding ortho intramolecular Hbond substituents is 1. The van der Waals surface area contributed by atoms with E-state index in [-0.39, 0.29) is 29.7 Å². The van der Waals surface area contributed by atoms with Gasteiger partial charge in [0.25, 0.3) is 0 Å². The molecule has 1 unspecified atom stereocenters. The Bertz CT molecular complexity index is 975. The molecule has 0 spiro atoms. The van der Waals surface area contributed by atoms with Gasteiger partial charge in [-0.3, -0.25) is 4.79 Å². The third-order valence-corrected chi connectivity index (χ3v) is 5.05. The van der Waals surface area contributed by atoms with Crippen molar-refractivity contribution in [3.05, 3.63) is 53.1 Å². The lowest BCUT2D eigenvalue weighted by molar-refractivity contribution is -0.129. The Morgan fingerprint density at radius 3 is 2.42 bits per heavy atom. The number of nitriles is 1. The van der Waals surface area contributed by atoms with Crippen molar-refractivity contribution in [2.75, 3.05) is 20.8 Å². The number of carbonyl (C=O) groups excluding carboxylic acids is 2. The average Bonchev–Trinajstić information content (AvgIpc) is 3.12. The van der Waals surface area contributed by atoms with Gasteiger partial charge in [-0.1, -0.05) is 12.1 Å². The van der Waals surface area contributed by atoms with Crippen molar-refractivity contribution in [1.82, 2.24) is 15.5 Å². The molecule has 1 fully saturated rings. The number of likely N-dealkylation sites (tertiary alicyclic amines) is 1. The fraction of sp³-hybridized carbons (Fsp3) is 0.318. The van der Waals surface area contributed by atoms with E-state index in [1.807, 2.05) is 12.1 Å². The smallest absolute Gasteiger partial charge is 0.315 e. The number of benzene rings is 2. The minimum absolute atomic E-state index is 0.114. The molecule has 1 saturated heterocycles. The first-order chi connectivity index (χ1) is 14.9. The Kier molecular flexibility index (Phi) is 6.82. The van der Waals surface area contributed by atoms with Crippen LogP contribution >= 0.6 is 0 Å². The zero-order valence-electron chi connectivity index (χ0n) is 17.3. The number of urea groups is 1. The van der Waals surface area contributed by atoms with E-state index in [1.54, 1.807) is 29.2 Å². The van der Waals surface area contributed by atoms with Crippen molar-refractivity contribution in [2.45, 2.75) is 25.6 Å². The fourth-order valence-electron chi connectivity index (χ4n) is 3.38. The topological polar surface area (TPSA) is 124 Å². The Morgan fingerprint density at radius 1 is 1.19 bits per heavy atom. The molecule has 2 aromatic carbocycles. The van der Waals surface area contributed by atoms with Gasteiger partial charge in [0.1, 0.15) is 6.04 Å². The third kappa shape index (κ3) is 5.17. The van der Waals surface area contributed by atoms with Crippen LogP contribution in [0.2, 0.25) is 0 Å². The second kappa shape index (κ2) is 9.71. The van der Waals surface area contributed by atoms with Crippen LogP contribution < -0.4 is 20.1 Å². The maximum atomic E-state index is 12.6. The molecule has 3 rings (SSSR count). The maximum Gasteiger partial charge on any atom is 0.315 e. The van der Waals surface area contributed by atoms with E-state index in [2.05, 4.69) is 16.7 Å². The number of hydrogen-bond donors (Lipinski definition) is 3. The van der Waals surface area contributed by atoms with Crippen molar-refractivity contribution in [1.29, 1.82) is 5.26 Å². The molecule has 1 aliphatic rings. The average molecular weight is 424 g/mol. The van der Waals surface area contributed by atoms with Crippen molar-refractivity contribution >= 4 is 11.9 Å². The molecule has 9 heteroatoms. The van der Waals surface area contributed by atoms with Crippen LogP contribution in [0.15, 0.2) is 36.4 Å². The van der Waals surface area contributed by atoms with Gasteiger partial charge in [-0.25, -0.2) is 4.79 Å². The summed E-state index contributed by atoms with van der Waals surface area (Å²) in [7, 11) is 2.85. The second-order valence-electron chi connectivity index (χ2n) is 7.09. The van der Waals surface area contributed by atoms with Crippen LogP contribution in [0.3, 0.4) is 0 Å². The van der Waals surface area contributed by atoms with Crippen molar-refractivity contribution < 1.29 is 24.2 Å². The number of aromatic hydroxyl groups is 1. The number of carbonyl (C=O) groups is 2. The number of ether oxygens (including phenoxy) is 2. The fourth-order valence-corrected chi connectivity index (χ4v) is 3.38.